The van der Waals surface area contributed by atoms with Crippen molar-refractivity contribution in [1.29, 1.82) is 0 Å². The Morgan fingerprint density at radius 3 is 2.02 bits per heavy atom. The zero-order valence-electron chi connectivity index (χ0n) is 29.3. The lowest BCUT2D eigenvalue weighted by atomic mass is 9.97. The summed E-state index contributed by atoms with van der Waals surface area (Å²) in [5.41, 5.74) is 1.98. The summed E-state index contributed by atoms with van der Waals surface area (Å²) in [7, 11) is 0. The van der Waals surface area contributed by atoms with Gasteiger partial charge in [-0.25, -0.2) is 9.59 Å². The minimum Gasteiger partial charge on any atom is -0.458 e. The van der Waals surface area contributed by atoms with Gasteiger partial charge in [0.05, 0.1) is 0 Å². The highest BCUT2D eigenvalue weighted by molar-refractivity contribution is 5.93. The predicted octanol–water partition coefficient (Wildman–Crippen LogP) is 6.74. The summed E-state index contributed by atoms with van der Waals surface area (Å²) in [6.45, 7) is 16.6. The van der Waals surface area contributed by atoms with Crippen LogP contribution in [0.5, 0.6) is 0 Å². The van der Waals surface area contributed by atoms with Crippen molar-refractivity contribution in [3.8, 4) is 0 Å². The number of nitrogens with zero attached hydrogens (tertiary/aromatic N) is 1. The van der Waals surface area contributed by atoms with Crippen molar-refractivity contribution in [2.24, 2.45) is 0 Å². The van der Waals surface area contributed by atoms with Crippen LogP contribution in [0.4, 0.5) is 4.79 Å². The number of hydrogen-bond donors (Lipinski definition) is 2. The first-order valence-electron chi connectivity index (χ1n) is 16.4. The second-order valence-electron chi connectivity index (χ2n) is 13.9. The van der Waals surface area contributed by atoms with Crippen LogP contribution in [0, 0.1) is 13.8 Å². The van der Waals surface area contributed by atoms with E-state index in [9.17, 15) is 19.2 Å². The fourth-order valence-corrected chi connectivity index (χ4v) is 4.92. The number of rotatable bonds is 15. The fourth-order valence-electron chi connectivity index (χ4n) is 4.92. The average molecular weight is 638 g/mol. The molecule has 46 heavy (non-hydrogen) atoms. The molecule has 0 fully saturated rings. The third-order valence-electron chi connectivity index (χ3n) is 7.30. The predicted molar refractivity (Wildman–Crippen MR) is 181 cm³/mol. The summed E-state index contributed by atoms with van der Waals surface area (Å²) >= 11 is 0. The largest absolute Gasteiger partial charge is 0.458 e. The molecule has 2 N–H and O–H groups in total. The minimum absolute atomic E-state index is 0.215. The van der Waals surface area contributed by atoms with Crippen molar-refractivity contribution in [3.63, 3.8) is 0 Å². The van der Waals surface area contributed by atoms with E-state index < -0.39 is 47.2 Å². The highest BCUT2D eigenvalue weighted by Crippen LogP contribution is 2.26. The third kappa shape index (κ3) is 13.6. The maximum absolute atomic E-state index is 14.4. The molecule has 3 amide bonds. The van der Waals surface area contributed by atoms with Crippen LogP contribution < -0.4 is 10.6 Å². The molecule has 0 saturated heterocycles. The molecule has 0 aromatic heterocycles. The average Bonchev–Trinajstić information content (AvgIpc) is 2.95. The number of aryl methyl sites for hydroxylation is 2. The number of benzene rings is 2. The van der Waals surface area contributed by atoms with Crippen molar-refractivity contribution in [2.45, 2.75) is 124 Å². The summed E-state index contributed by atoms with van der Waals surface area (Å²) in [5, 5.41) is 5.50. The molecule has 2 aromatic rings. The van der Waals surface area contributed by atoms with Gasteiger partial charge in [0.15, 0.2) is 0 Å². The fraction of sp³-hybridized carbons (Fsp3) is 0.568. The van der Waals surface area contributed by atoms with Crippen LogP contribution in [0.25, 0.3) is 0 Å². The normalized spacial score (nSPS) is 12.9. The standard InChI is InChI=1S/C37H55N3O6/c1-10-11-12-13-17-22-40(31(41)25-38-35(44)46-37(7,8)9)32(29-21-20-26(2)27(3)23-29)33(42)39-30(34(43)45-36(4,5)6)24-28-18-15-14-16-19-28/h14-16,18-21,23,30,32H,10-13,17,22,24-25H2,1-9H3,(H,38,44)(H,39,42). The Kier molecular flexibility index (Phi) is 14.8. The zero-order chi connectivity index (χ0) is 34.5. The van der Waals surface area contributed by atoms with Crippen LogP contribution in [-0.2, 0) is 30.3 Å². The maximum Gasteiger partial charge on any atom is 0.408 e. The smallest absolute Gasteiger partial charge is 0.408 e. The monoisotopic (exact) mass is 637 g/mol. The molecular formula is C37H55N3O6. The molecule has 2 unspecified atom stereocenters. The van der Waals surface area contributed by atoms with Gasteiger partial charge in [-0.2, -0.15) is 0 Å². The first kappa shape index (κ1) is 38.3. The number of unbranched alkanes of at least 4 members (excludes halogenated alkanes) is 4. The van der Waals surface area contributed by atoms with Crippen molar-refractivity contribution in [3.05, 3.63) is 70.8 Å². The molecule has 2 atom stereocenters. The molecule has 0 radical (unpaired) electrons. The molecule has 2 aromatic carbocycles. The Labute approximate surface area is 275 Å². The van der Waals surface area contributed by atoms with Gasteiger partial charge in [0.25, 0.3) is 0 Å². The lowest BCUT2D eigenvalue weighted by molar-refractivity contribution is -0.159. The first-order valence-corrected chi connectivity index (χ1v) is 16.4. The molecule has 254 valence electrons. The van der Waals surface area contributed by atoms with E-state index in [0.29, 0.717) is 18.5 Å². The highest BCUT2D eigenvalue weighted by Gasteiger charge is 2.35. The van der Waals surface area contributed by atoms with Crippen LogP contribution in [0.1, 0.15) is 109 Å². The Morgan fingerprint density at radius 1 is 0.804 bits per heavy atom. The molecule has 0 heterocycles. The second-order valence-corrected chi connectivity index (χ2v) is 13.9. The van der Waals surface area contributed by atoms with E-state index in [1.165, 1.54) is 4.90 Å². The Hall–Kier alpha value is -3.88. The van der Waals surface area contributed by atoms with Crippen LogP contribution >= 0.6 is 0 Å². The van der Waals surface area contributed by atoms with Gasteiger partial charge in [0, 0.05) is 13.0 Å². The number of hydrogen-bond acceptors (Lipinski definition) is 6. The molecule has 0 bridgehead atoms. The molecular weight excluding hydrogens is 582 g/mol. The molecule has 0 aliphatic rings. The van der Waals surface area contributed by atoms with Gasteiger partial charge < -0.3 is 25.0 Å². The molecule has 9 nitrogen and oxygen atoms in total. The first-order chi connectivity index (χ1) is 21.5. The van der Waals surface area contributed by atoms with Gasteiger partial charge in [-0.3, -0.25) is 9.59 Å². The van der Waals surface area contributed by atoms with Crippen molar-refractivity contribution >= 4 is 23.9 Å². The van der Waals surface area contributed by atoms with Gasteiger partial charge in [0.2, 0.25) is 11.8 Å². The molecule has 0 saturated carbocycles. The van der Waals surface area contributed by atoms with E-state index in [0.717, 1.165) is 42.4 Å². The molecule has 0 aliphatic heterocycles. The maximum atomic E-state index is 14.4. The molecule has 0 aliphatic carbocycles. The number of esters is 1. The summed E-state index contributed by atoms with van der Waals surface area (Å²) < 4.78 is 11.1. The van der Waals surface area contributed by atoms with Gasteiger partial charge in [-0.1, -0.05) is 81.1 Å². The van der Waals surface area contributed by atoms with Crippen LogP contribution in [0.15, 0.2) is 48.5 Å². The lowest BCUT2D eigenvalue weighted by Crippen LogP contribution is -2.52. The quantitative estimate of drug-likeness (QED) is 0.165. The number of nitrogens with one attached hydrogen (secondary N) is 2. The molecule has 2 rings (SSSR count). The van der Waals surface area contributed by atoms with Gasteiger partial charge >= 0.3 is 12.1 Å². The number of carbonyl (C=O) groups excluding carboxylic acids is 4. The minimum atomic E-state index is -1.06. The number of alkyl carbamates (subject to hydrolysis) is 1. The SMILES string of the molecule is CCCCCCCN(C(=O)CNC(=O)OC(C)(C)C)C(C(=O)NC(Cc1ccccc1)C(=O)OC(C)(C)C)c1ccc(C)c(C)c1. The van der Waals surface area contributed by atoms with E-state index in [1.54, 1.807) is 41.5 Å². The number of ether oxygens (including phenoxy) is 2. The summed E-state index contributed by atoms with van der Waals surface area (Å²) in [4.78, 5) is 55.7. The summed E-state index contributed by atoms with van der Waals surface area (Å²) in [5.74, 6) is -1.50. The second kappa shape index (κ2) is 17.7. The third-order valence-corrected chi connectivity index (χ3v) is 7.30. The van der Waals surface area contributed by atoms with Gasteiger partial charge in [-0.15, -0.1) is 0 Å². The Morgan fingerprint density at radius 2 is 1.43 bits per heavy atom. The van der Waals surface area contributed by atoms with Crippen LogP contribution in [-0.4, -0.2) is 59.1 Å². The van der Waals surface area contributed by atoms with Crippen LogP contribution in [0.3, 0.4) is 0 Å². The Bertz CT molecular complexity index is 1300. The van der Waals surface area contributed by atoms with Crippen LogP contribution in [0.2, 0.25) is 0 Å². The van der Waals surface area contributed by atoms with Crippen molar-refractivity contribution in [1.82, 2.24) is 15.5 Å². The summed E-state index contributed by atoms with van der Waals surface area (Å²) in [6.07, 6.45) is 4.21. The molecule has 0 spiro atoms. The number of amides is 3. The number of carbonyl (C=O) groups is 4. The highest BCUT2D eigenvalue weighted by atomic mass is 16.6. The van der Waals surface area contributed by atoms with Gasteiger partial charge in [0.1, 0.15) is 29.8 Å². The van der Waals surface area contributed by atoms with E-state index in [2.05, 4.69) is 17.6 Å². The molecule has 9 heteroatoms. The topological polar surface area (TPSA) is 114 Å². The zero-order valence-corrected chi connectivity index (χ0v) is 29.3. The lowest BCUT2D eigenvalue weighted by Gasteiger charge is -2.33. The van der Waals surface area contributed by atoms with E-state index in [1.807, 2.05) is 62.4 Å². The van der Waals surface area contributed by atoms with E-state index in [4.69, 9.17) is 9.47 Å². The summed E-state index contributed by atoms with van der Waals surface area (Å²) in [6, 6.07) is 13.0. The Balaban J connectivity index is 2.51. The van der Waals surface area contributed by atoms with Gasteiger partial charge in [-0.05, 0) is 84.1 Å². The van der Waals surface area contributed by atoms with E-state index in [-0.39, 0.29) is 13.0 Å². The van der Waals surface area contributed by atoms with E-state index >= 15 is 0 Å². The van der Waals surface area contributed by atoms with Crippen molar-refractivity contribution in [2.75, 3.05) is 13.1 Å². The van der Waals surface area contributed by atoms with Crippen molar-refractivity contribution < 1.29 is 28.7 Å².